The van der Waals surface area contributed by atoms with Crippen LogP contribution in [0.3, 0.4) is 0 Å². The van der Waals surface area contributed by atoms with E-state index in [2.05, 4.69) is 16.0 Å². The van der Waals surface area contributed by atoms with Crippen molar-refractivity contribution in [1.82, 2.24) is 16.0 Å². The SMILES string of the molecule is FC1(CNC2CCNC2)CCCNC1. The van der Waals surface area contributed by atoms with Crippen molar-refractivity contribution in [1.29, 1.82) is 0 Å². The first-order chi connectivity index (χ1) is 6.79. The van der Waals surface area contributed by atoms with Gasteiger partial charge in [0.25, 0.3) is 0 Å². The second kappa shape index (κ2) is 4.55. The third-order valence-electron chi connectivity index (χ3n) is 3.19. The molecule has 0 aliphatic carbocycles. The van der Waals surface area contributed by atoms with Crippen LogP contribution in [-0.4, -0.2) is 44.4 Å². The Morgan fingerprint density at radius 2 is 2.29 bits per heavy atom. The van der Waals surface area contributed by atoms with Crippen LogP contribution >= 0.6 is 0 Å². The van der Waals surface area contributed by atoms with Crippen LogP contribution in [0, 0.1) is 0 Å². The van der Waals surface area contributed by atoms with Gasteiger partial charge in [-0.05, 0) is 32.4 Å². The molecule has 82 valence electrons. The van der Waals surface area contributed by atoms with E-state index in [0.717, 1.165) is 32.5 Å². The molecule has 0 aromatic rings. The first-order valence-corrected chi connectivity index (χ1v) is 5.62. The number of halogens is 1. The number of rotatable bonds is 3. The predicted molar refractivity (Wildman–Crippen MR) is 55.2 cm³/mol. The summed E-state index contributed by atoms with van der Waals surface area (Å²) >= 11 is 0. The van der Waals surface area contributed by atoms with Crippen molar-refractivity contribution < 1.29 is 4.39 Å². The van der Waals surface area contributed by atoms with Crippen LogP contribution in [0.1, 0.15) is 19.3 Å². The molecule has 2 fully saturated rings. The van der Waals surface area contributed by atoms with Gasteiger partial charge in [-0.1, -0.05) is 0 Å². The fourth-order valence-electron chi connectivity index (χ4n) is 2.24. The van der Waals surface area contributed by atoms with Crippen LogP contribution < -0.4 is 16.0 Å². The molecule has 0 aromatic carbocycles. The molecule has 3 nitrogen and oxygen atoms in total. The summed E-state index contributed by atoms with van der Waals surface area (Å²) in [5, 5.41) is 9.71. The van der Waals surface area contributed by atoms with Gasteiger partial charge in [0.05, 0.1) is 0 Å². The van der Waals surface area contributed by atoms with E-state index in [1.54, 1.807) is 0 Å². The summed E-state index contributed by atoms with van der Waals surface area (Å²) in [4.78, 5) is 0. The molecule has 0 amide bonds. The highest BCUT2D eigenvalue weighted by Crippen LogP contribution is 2.20. The molecule has 0 saturated carbocycles. The zero-order chi connectivity index (χ0) is 9.86. The molecule has 0 spiro atoms. The first kappa shape index (κ1) is 10.3. The Labute approximate surface area is 84.8 Å². The maximum Gasteiger partial charge on any atom is 0.135 e. The molecule has 2 unspecified atom stereocenters. The Kier molecular flexibility index (Phi) is 3.36. The molecule has 0 aromatic heterocycles. The highest BCUT2D eigenvalue weighted by atomic mass is 19.1. The minimum absolute atomic E-state index is 0.476. The highest BCUT2D eigenvalue weighted by molar-refractivity contribution is 4.90. The van der Waals surface area contributed by atoms with Crippen LogP contribution in [-0.2, 0) is 0 Å². The van der Waals surface area contributed by atoms with Crippen molar-refractivity contribution in [2.75, 3.05) is 32.7 Å². The Bertz CT molecular complexity index is 174. The van der Waals surface area contributed by atoms with E-state index >= 15 is 0 Å². The van der Waals surface area contributed by atoms with E-state index in [1.807, 2.05) is 0 Å². The molecular weight excluding hydrogens is 181 g/mol. The maximum absolute atomic E-state index is 14.1. The number of hydrogen-bond acceptors (Lipinski definition) is 3. The summed E-state index contributed by atoms with van der Waals surface area (Å²) in [7, 11) is 0. The number of alkyl halides is 1. The summed E-state index contributed by atoms with van der Waals surface area (Å²) in [5.41, 5.74) is -1.01. The van der Waals surface area contributed by atoms with E-state index < -0.39 is 5.67 Å². The van der Waals surface area contributed by atoms with Gasteiger partial charge in [-0.25, -0.2) is 4.39 Å². The van der Waals surface area contributed by atoms with Gasteiger partial charge in [0, 0.05) is 25.7 Å². The van der Waals surface area contributed by atoms with Gasteiger partial charge in [-0.2, -0.15) is 0 Å². The summed E-state index contributed by atoms with van der Waals surface area (Å²) in [5.74, 6) is 0. The molecule has 2 heterocycles. The second-order valence-corrected chi connectivity index (χ2v) is 4.50. The summed E-state index contributed by atoms with van der Waals surface area (Å²) < 4.78 is 14.1. The largest absolute Gasteiger partial charge is 0.315 e. The predicted octanol–water partition coefficient (Wildman–Crippen LogP) is 0.0296. The minimum atomic E-state index is -1.01. The number of hydrogen-bond donors (Lipinski definition) is 3. The van der Waals surface area contributed by atoms with Crippen LogP contribution in [0.5, 0.6) is 0 Å². The van der Waals surface area contributed by atoms with Crippen LogP contribution in [0.15, 0.2) is 0 Å². The molecule has 0 bridgehead atoms. The first-order valence-electron chi connectivity index (χ1n) is 5.62. The molecule has 14 heavy (non-hydrogen) atoms. The smallest absolute Gasteiger partial charge is 0.135 e. The number of piperidine rings is 1. The zero-order valence-electron chi connectivity index (χ0n) is 8.61. The molecule has 2 aliphatic heterocycles. The van der Waals surface area contributed by atoms with Gasteiger partial charge in [0.2, 0.25) is 0 Å². The van der Waals surface area contributed by atoms with Gasteiger partial charge in [-0.3, -0.25) is 0 Å². The summed E-state index contributed by atoms with van der Waals surface area (Å²) in [6.07, 6.45) is 2.79. The molecule has 3 N–H and O–H groups in total. The van der Waals surface area contributed by atoms with E-state index in [-0.39, 0.29) is 0 Å². The van der Waals surface area contributed by atoms with E-state index in [9.17, 15) is 4.39 Å². The lowest BCUT2D eigenvalue weighted by molar-refractivity contribution is 0.117. The second-order valence-electron chi connectivity index (χ2n) is 4.50. The fraction of sp³-hybridized carbons (Fsp3) is 1.00. The highest BCUT2D eigenvalue weighted by Gasteiger charge is 2.32. The van der Waals surface area contributed by atoms with Gasteiger partial charge in [-0.15, -0.1) is 0 Å². The number of nitrogens with one attached hydrogen (secondary N) is 3. The topological polar surface area (TPSA) is 36.1 Å². The maximum atomic E-state index is 14.1. The van der Waals surface area contributed by atoms with E-state index in [1.165, 1.54) is 0 Å². The van der Waals surface area contributed by atoms with Crippen molar-refractivity contribution in [3.63, 3.8) is 0 Å². The molecule has 2 rings (SSSR count). The van der Waals surface area contributed by atoms with Gasteiger partial charge in [0.15, 0.2) is 0 Å². The molecular formula is C10H20FN3. The van der Waals surface area contributed by atoms with Crippen LogP contribution in [0.25, 0.3) is 0 Å². The van der Waals surface area contributed by atoms with Crippen molar-refractivity contribution in [2.24, 2.45) is 0 Å². The quantitative estimate of drug-likeness (QED) is 0.603. The monoisotopic (exact) mass is 201 g/mol. The molecule has 0 radical (unpaired) electrons. The van der Waals surface area contributed by atoms with Crippen molar-refractivity contribution in [3.8, 4) is 0 Å². The standard InChI is InChI=1S/C10H20FN3/c11-10(3-1-4-13-7-10)8-14-9-2-5-12-6-9/h9,12-14H,1-8H2. The molecule has 4 heteroatoms. The fourth-order valence-corrected chi connectivity index (χ4v) is 2.24. The van der Waals surface area contributed by atoms with E-state index in [0.29, 0.717) is 25.6 Å². The Morgan fingerprint density at radius 3 is 2.93 bits per heavy atom. The van der Waals surface area contributed by atoms with E-state index in [4.69, 9.17) is 0 Å². The third kappa shape index (κ3) is 2.65. The summed E-state index contributed by atoms with van der Waals surface area (Å²) in [6, 6.07) is 0.476. The lowest BCUT2D eigenvalue weighted by atomic mass is 9.96. The Hall–Kier alpha value is -0.190. The van der Waals surface area contributed by atoms with Gasteiger partial charge < -0.3 is 16.0 Å². The van der Waals surface area contributed by atoms with Crippen LogP contribution in [0.4, 0.5) is 4.39 Å². The summed E-state index contributed by atoms with van der Waals surface area (Å²) in [6.45, 7) is 4.04. The average molecular weight is 201 g/mol. The van der Waals surface area contributed by atoms with Gasteiger partial charge >= 0.3 is 0 Å². The van der Waals surface area contributed by atoms with Crippen molar-refractivity contribution >= 4 is 0 Å². The average Bonchev–Trinajstić information content (AvgIpc) is 2.69. The van der Waals surface area contributed by atoms with Crippen molar-refractivity contribution in [3.05, 3.63) is 0 Å². The normalized spacial score (nSPS) is 38.8. The molecule has 2 saturated heterocycles. The lowest BCUT2D eigenvalue weighted by Crippen LogP contribution is -2.50. The minimum Gasteiger partial charge on any atom is -0.315 e. The van der Waals surface area contributed by atoms with Crippen molar-refractivity contribution in [2.45, 2.75) is 31.0 Å². The zero-order valence-corrected chi connectivity index (χ0v) is 8.61. The molecule has 2 aliphatic rings. The Balaban J connectivity index is 1.72. The van der Waals surface area contributed by atoms with Gasteiger partial charge in [0.1, 0.15) is 5.67 Å². The molecule has 2 atom stereocenters. The third-order valence-corrected chi connectivity index (χ3v) is 3.19. The lowest BCUT2D eigenvalue weighted by Gasteiger charge is -2.31. The Morgan fingerprint density at radius 1 is 1.36 bits per heavy atom. The van der Waals surface area contributed by atoms with Crippen LogP contribution in [0.2, 0.25) is 0 Å².